The van der Waals surface area contributed by atoms with E-state index in [4.69, 9.17) is 0 Å². The minimum absolute atomic E-state index is 0.0226. The molecule has 0 aromatic heterocycles. The first-order chi connectivity index (χ1) is 13.5. The van der Waals surface area contributed by atoms with Crippen LogP contribution in [0.4, 0.5) is 0 Å². The van der Waals surface area contributed by atoms with E-state index in [1.54, 1.807) is 4.90 Å². The molecular weight excluding hydrogens is 348 g/mol. The van der Waals surface area contributed by atoms with Crippen LogP contribution in [0.2, 0.25) is 0 Å². The van der Waals surface area contributed by atoms with Crippen molar-refractivity contribution >= 4 is 11.8 Å². The number of carbonyl (C=O) groups is 2. The molecule has 2 aromatic carbocycles. The van der Waals surface area contributed by atoms with E-state index in [1.165, 1.54) is 11.1 Å². The fraction of sp³-hybridized carbons (Fsp3) is 0.417. The van der Waals surface area contributed by atoms with Gasteiger partial charge in [0.2, 0.25) is 11.8 Å². The molecule has 0 aliphatic rings. The molecule has 1 atom stereocenters. The van der Waals surface area contributed by atoms with Crippen LogP contribution in [0.25, 0.3) is 0 Å². The number of hydrogen-bond acceptors (Lipinski definition) is 2. The number of carbonyl (C=O) groups excluding carboxylic acids is 2. The van der Waals surface area contributed by atoms with Crippen molar-refractivity contribution in [3.05, 3.63) is 70.8 Å². The smallest absolute Gasteiger partial charge is 0.242 e. The minimum atomic E-state index is -0.467. The summed E-state index contributed by atoms with van der Waals surface area (Å²) in [6.45, 7) is 9.15. The van der Waals surface area contributed by atoms with Crippen LogP contribution >= 0.6 is 0 Å². The monoisotopic (exact) mass is 380 g/mol. The molecule has 4 heteroatoms. The zero-order chi connectivity index (χ0) is 20.5. The van der Waals surface area contributed by atoms with E-state index < -0.39 is 6.04 Å². The zero-order valence-electron chi connectivity index (χ0n) is 17.5. The van der Waals surface area contributed by atoms with Crippen LogP contribution in [0, 0.1) is 13.8 Å². The van der Waals surface area contributed by atoms with E-state index in [0.717, 1.165) is 17.5 Å². The number of nitrogens with zero attached hydrogens (tertiary/aromatic N) is 1. The molecule has 0 aliphatic heterocycles. The summed E-state index contributed by atoms with van der Waals surface area (Å²) in [5.74, 6) is -0.0978. The van der Waals surface area contributed by atoms with Crippen molar-refractivity contribution in [1.82, 2.24) is 10.2 Å². The lowest BCUT2D eigenvalue weighted by Crippen LogP contribution is -2.49. The van der Waals surface area contributed by atoms with Crippen LogP contribution in [0.1, 0.15) is 48.9 Å². The van der Waals surface area contributed by atoms with Gasteiger partial charge in [0.1, 0.15) is 6.04 Å². The summed E-state index contributed by atoms with van der Waals surface area (Å²) in [5, 5.41) is 2.95. The van der Waals surface area contributed by atoms with Gasteiger partial charge >= 0.3 is 0 Å². The molecule has 0 unspecified atom stereocenters. The van der Waals surface area contributed by atoms with Gasteiger partial charge < -0.3 is 10.2 Å². The largest absolute Gasteiger partial charge is 0.354 e. The Morgan fingerprint density at radius 2 is 1.68 bits per heavy atom. The molecular formula is C24H32N2O2. The van der Waals surface area contributed by atoms with Gasteiger partial charge in [-0.05, 0) is 48.9 Å². The number of hydrogen-bond donors (Lipinski definition) is 1. The topological polar surface area (TPSA) is 49.4 Å². The second-order valence-corrected chi connectivity index (χ2v) is 7.32. The second-order valence-electron chi connectivity index (χ2n) is 7.32. The average molecular weight is 381 g/mol. The van der Waals surface area contributed by atoms with Crippen LogP contribution in [0.15, 0.2) is 48.5 Å². The van der Waals surface area contributed by atoms with E-state index in [9.17, 15) is 9.59 Å². The highest BCUT2D eigenvalue weighted by Crippen LogP contribution is 2.16. The van der Waals surface area contributed by atoms with E-state index >= 15 is 0 Å². The lowest BCUT2D eigenvalue weighted by molar-refractivity contribution is -0.140. The van der Waals surface area contributed by atoms with Gasteiger partial charge in [-0.15, -0.1) is 0 Å². The maximum atomic E-state index is 13.2. The van der Waals surface area contributed by atoms with E-state index in [1.807, 2.05) is 56.3 Å². The van der Waals surface area contributed by atoms with Gasteiger partial charge in [0.05, 0.1) is 6.42 Å². The Balaban J connectivity index is 2.25. The molecule has 0 aliphatic carbocycles. The zero-order valence-corrected chi connectivity index (χ0v) is 17.5. The quantitative estimate of drug-likeness (QED) is 0.709. The fourth-order valence-corrected chi connectivity index (χ4v) is 3.26. The summed E-state index contributed by atoms with van der Waals surface area (Å²) in [6.07, 6.45) is 1.75. The molecule has 150 valence electrons. The van der Waals surface area contributed by atoms with Crippen molar-refractivity contribution in [2.24, 2.45) is 0 Å². The Kier molecular flexibility index (Phi) is 8.24. The summed E-state index contributed by atoms with van der Waals surface area (Å²) >= 11 is 0. The molecule has 0 saturated carbocycles. The van der Waals surface area contributed by atoms with Crippen LogP contribution in [0.3, 0.4) is 0 Å². The summed E-state index contributed by atoms with van der Waals surface area (Å²) in [6, 6.07) is 15.5. The number of benzene rings is 2. The van der Waals surface area contributed by atoms with Gasteiger partial charge in [-0.3, -0.25) is 9.59 Å². The first-order valence-electron chi connectivity index (χ1n) is 10.1. The summed E-state index contributed by atoms with van der Waals surface area (Å²) < 4.78 is 0. The molecule has 0 heterocycles. The number of amides is 2. The SMILES string of the molecule is CCCNC(=O)[C@@H](CC)N(Cc1ccccc1)C(=O)Cc1ccc(C)c(C)c1. The molecule has 2 amide bonds. The van der Waals surface area contributed by atoms with Gasteiger partial charge in [0, 0.05) is 13.1 Å². The Hall–Kier alpha value is -2.62. The molecule has 0 radical (unpaired) electrons. The fourth-order valence-electron chi connectivity index (χ4n) is 3.26. The predicted octanol–water partition coefficient (Wildman–Crippen LogP) is 4.18. The summed E-state index contributed by atoms with van der Waals surface area (Å²) in [5.41, 5.74) is 4.39. The third-order valence-electron chi connectivity index (χ3n) is 5.06. The average Bonchev–Trinajstić information content (AvgIpc) is 2.69. The van der Waals surface area contributed by atoms with Crippen molar-refractivity contribution in [1.29, 1.82) is 0 Å². The van der Waals surface area contributed by atoms with Crippen LogP contribution in [-0.2, 0) is 22.6 Å². The summed E-state index contributed by atoms with van der Waals surface area (Å²) in [4.78, 5) is 27.7. The van der Waals surface area contributed by atoms with Gasteiger partial charge in [-0.2, -0.15) is 0 Å². The maximum Gasteiger partial charge on any atom is 0.242 e. The van der Waals surface area contributed by atoms with Gasteiger partial charge in [-0.1, -0.05) is 62.4 Å². The molecule has 2 aromatic rings. The molecule has 1 N–H and O–H groups in total. The first kappa shape index (κ1) is 21.7. The first-order valence-corrected chi connectivity index (χ1v) is 10.1. The van der Waals surface area contributed by atoms with E-state index in [-0.39, 0.29) is 11.8 Å². The number of aryl methyl sites for hydroxylation is 2. The lowest BCUT2D eigenvalue weighted by Gasteiger charge is -2.31. The second kappa shape index (κ2) is 10.6. The standard InChI is InChI=1S/C24H32N2O2/c1-5-14-25-24(28)22(6-2)26(17-20-10-8-7-9-11-20)23(27)16-21-13-12-18(3)19(4)15-21/h7-13,15,22H,5-6,14,16-17H2,1-4H3,(H,25,28)/t22-/m1/s1. The molecule has 0 fully saturated rings. The lowest BCUT2D eigenvalue weighted by atomic mass is 10.0. The molecule has 0 saturated heterocycles. The maximum absolute atomic E-state index is 13.2. The molecule has 0 spiro atoms. The third-order valence-corrected chi connectivity index (χ3v) is 5.06. The van der Waals surface area contributed by atoms with Crippen molar-refractivity contribution in [3.8, 4) is 0 Å². The molecule has 28 heavy (non-hydrogen) atoms. The van der Waals surface area contributed by atoms with Gasteiger partial charge in [0.25, 0.3) is 0 Å². The van der Waals surface area contributed by atoms with Gasteiger partial charge in [-0.25, -0.2) is 0 Å². The highest BCUT2D eigenvalue weighted by atomic mass is 16.2. The number of nitrogens with one attached hydrogen (secondary N) is 1. The predicted molar refractivity (Wildman–Crippen MR) is 114 cm³/mol. The van der Waals surface area contributed by atoms with E-state index in [2.05, 4.69) is 25.2 Å². The van der Waals surface area contributed by atoms with Crippen LogP contribution < -0.4 is 5.32 Å². The van der Waals surface area contributed by atoms with Crippen molar-refractivity contribution in [2.75, 3.05) is 6.54 Å². The Morgan fingerprint density at radius 1 is 0.964 bits per heavy atom. The Morgan fingerprint density at radius 3 is 2.29 bits per heavy atom. The highest BCUT2D eigenvalue weighted by molar-refractivity contribution is 5.88. The number of rotatable bonds is 9. The summed E-state index contributed by atoms with van der Waals surface area (Å²) in [7, 11) is 0. The van der Waals surface area contributed by atoms with Crippen molar-refractivity contribution in [3.63, 3.8) is 0 Å². The molecule has 0 bridgehead atoms. The van der Waals surface area contributed by atoms with Crippen LogP contribution in [0.5, 0.6) is 0 Å². The van der Waals surface area contributed by atoms with Crippen molar-refractivity contribution < 1.29 is 9.59 Å². The third kappa shape index (κ3) is 5.95. The van der Waals surface area contributed by atoms with E-state index in [0.29, 0.717) is 25.9 Å². The minimum Gasteiger partial charge on any atom is -0.354 e. The van der Waals surface area contributed by atoms with Crippen LogP contribution in [-0.4, -0.2) is 29.3 Å². The van der Waals surface area contributed by atoms with Crippen molar-refractivity contribution in [2.45, 2.75) is 59.5 Å². The Bertz CT molecular complexity index is 786. The Labute approximate surface area is 169 Å². The highest BCUT2D eigenvalue weighted by Gasteiger charge is 2.28. The van der Waals surface area contributed by atoms with Gasteiger partial charge in [0.15, 0.2) is 0 Å². The molecule has 4 nitrogen and oxygen atoms in total. The normalized spacial score (nSPS) is 11.7. The molecule has 2 rings (SSSR count).